The Morgan fingerprint density at radius 3 is 1.70 bits per heavy atom. The van der Waals surface area contributed by atoms with Crippen LogP contribution in [0, 0.1) is 5.92 Å². The van der Waals surface area contributed by atoms with Gasteiger partial charge in [0.15, 0.2) is 0 Å². The molecule has 2 aromatic carbocycles. The van der Waals surface area contributed by atoms with Crippen LogP contribution in [0.25, 0.3) is 0 Å². The van der Waals surface area contributed by atoms with Gasteiger partial charge in [0.2, 0.25) is 0 Å². The van der Waals surface area contributed by atoms with Gasteiger partial charge in [-0.3, -0.25) is 0 Å². The first kappa shape index (κ1) is 20.0. The lowest BCUT2D eigenvalue weighted by atomic mass is 9.73. The quantitative estimate of drug-likeness (QED) is 0.605. The van der Waals surface area contributed by atoms with Crippen LogP contribution >= 0.6 is 0 Å². The minimum atomic E-state index is -0.0863. The highest BCUT2D eigenvalue weighted by Crippen LogP contribution is 2.46. The van der Waals surface area contributed by atoms with E-state index in [1.165, 1.54) is 36.8 Å². The zero-order valence-electron chi connectivity index (χ0n) is 18.0. The average Bonchev–Trinajstić information content (AvgIpc) is 3.09. The van der Waals surface area contributed by atoms with Crippen LogP contribution in [0.2, 0.25) is 0 Å². The summed E-state index contributed by atoms with van der Waals surface area (Å²) in [5, 5.41) is 11.1. The molecule has 1 saturated carbocycles. The number of hydrogen-bond donors (Lipinski definition) is 1. The Balaban J connectivity index is 2.22. The summed E-state index contributed by atoms with van der Waals surface area (Å²) in [4.78, 5) is 0. The molecule has 1 fully saturated rings. The van der Waals surface area contributed by atoms with E-state index in [4.69, 9.17) is 0 Å². The van der Waals surface area contributed by atoms with Gasteiger partial charge in [0.1, 0.15) is 5.75 Å². The molecule has 0 radical (unpaired) electrons. The van der Waals surface area contributed by atoms with Crippen molar-refractivity contribution in [1.82, 2.24) is 0 Å². The molecule has 0 aliphatic heterocycles. The predicted octanol–water partition coefficient (Wildman–Crippen LogP) is 7.31. The molecule has 0 spiro atoms. The van der Waals surface area contributed by atoms with E-state index < -0.39 is 0 Å². The molecule has 1 N–H and O–H groups in total. The third-order valence-electron chi connectivity index (χ3n) is 6.14. The van der Waals surface area contributed by atoms with E-state index in [1.807, 2.05) is 0 Å². The molecular weight excluding hydrogens is 328 g/mol. The molecule has 0 amide bonds. The van der Waals surface area contributed by atoms with Gasteiger partial charge in [0, 0.05) is 5.92 Å². The molecule has 0 aromatic heterocycles. The van der Waals surface area contributed by atoms with Crippen molar-refractivity contribution < 1.29 is 5.11 Å². The van der Waals surface area contributed by atoms with Crippen LogP contribution in [-0.2, 0) is 10.8 Å². The molecule has 1 nitrogen and oxygen atoms in total. The minimum Gasteiger partial charge on any atom is -0.507 e. The van der Waals surface area contributed by atoms with Crippen LogP contribution in [0.3, 0.4) is 0 Å². The van der Waals surface area contributed by atoms with E-state index in [0.717, 1.165) is 11.1 Å². The van der Waals surface area contributed by atoms with Crippen LogP contribution in [0.4, 0.5) is 0 Å². The Bertz CT molecular complexity index is 733. The number of phenols is 1. The van der Waals surface area contributed by atoms with Crippen molar-refractivity contribution in [3.05, 3.63) is 64.7 Å². The standard InChI is InChI=1S/C26H36O/c1-25(2,3)21-16-20(17-22(24(21)27)26(4,5)6)23(19-14-10-11-15-19)18-12-8-7-9-13-18/h7-9,12-13,16-17,19,23,27H,10-11,14-15H2,1-6H3. The van der Waals surface area contributed by atoms with Gasteiger partial charge in [-0.15, -0.1) is 0 Å². The monoisotopic (exact) mass is 364 g/mol. The fraction of sp³-hybridized carbons (Fsp3) is 0.538. The fourth-order valence-electron chi connectivity index (χ4n) is 4.67. The summed E-state index contributed by atoms with van der Waals surface area (Å²) in [6, 6.07) is 15.6. The molecule has 146 valence electrons. The maximum atomic E-state index is 11.1. The molecule has 0 bridgehead atoms. The summed E-state index contributed by atoms with van der Waals surface area (Å²) in [5.74, 6) is 1.59. The SMILES string of the molecule is CC(C)(C)c1cc(C(c2ccccc2)C2CCCC2)cc(C(C)(C)C)c1O. The predicted molar refractivity (Wildman–Crippen MR) is 116 cm³/mol. The normalized spacial score (nSPS) is 17.3. The molecule has 0 heterocycles. The average molecular weight is 365 g/mol. The first-order valence-corrected chi connectivity index (χ1v) is 10.5. The van der Waals surface area contributed by atoms with Gasteiger partial charge in [-0.05, 0) is 51.8 Å². The number of hydrogen-bond acceptors (Lipinski definition) is 1. The summed E-state index contributed by atoms with van der Waals surface area (Å²) < 4.78 is 0. The van der Waals surface area contributed by atoms with Crippen molar-refractivity contribution in [2.75, 3.05) is 0 Å². The Kier molecular flexibility index (Phi) is 5.43. The topological polar surface area (TPSA) is 20.2 Å². The molecular formula is C26H36O. The second-order valence-corrected chi connectivity index (χ2v) is 10.4. The second-order valence-electron chi connectivity index (χ2n) is 10.4. The zero-order chi connectivity index (χ0) is 19.8. The van der Waals surface area contributed by atoms with Crippen molar-refractivity contribution in [3.8, 4) is 5.75 Å². The molecule has 1 aliphatic rings. The molecule has 2 aromatic rings. The van der Waals surface area contributed by atoms with Crippen molar-refractivity contribution in [1.29, 1.82) is 0 Å². The number of phenolic OH excluding ortho intramolecular Hbond substituents is 1. The van der Waals surface area contributed by atoms with E-state index in [2.05, 4.69) is 84.0 Å². The third kappa shape index (κ3) is 4.23. The highest BCUT2D eigenvalue weighted by Gasteiger charge is 2.32. The van der Waals surface area contributed by atoms with Crippen LogP contribution < -0.4 is 0 Å². The van der Waals surface area contributed by atoms with Crippen LogP contribution in [0.1, 0.15) is 95.4 Å². The molecule has 1 aliphatic carbocycles. The lowest BCUT2D eigenvalue weighted by molar-refractivity contribution is 0.419. The number of rotatable bonds is 3. The Morgan fingerprint density at radius 1 is 0.778 bits per heavy atom. The lowest BCUT2D eigenvalue weighted by Crippen LogP contribution is -2.20. The largest absolute Gasteiger partial charge is 0.507 e. The second kappa shape index (κ2) is 7.34. The molecule has 1 unspecified atom stereocenters. The molecule has 27 heavy (non-hydrogen) atoms. The first-order chi connectivity index (χ1) is 12.6. The summed E-state index contributed by atoms with van der Waals surface area (Å²) in [7, 11) is 0. The van der Waals surface area contributed by atoms with E-state index in [-0.39, 0.29) is 10.8 Å². The third-order valence-corrected chi connectivity index (χ3v) is 6.14. The Hall–Kier alpha value is -1.76. The van der Waals surface area contributed by atoms with Crippen molar-refractivity contribution in [2.45, 2.75) is 84.0 Å². The molecule has 0 saturated heterocycles. The first-order valence-electron chi connectivity index (χ1n) is 10.5. The zero-order valence-corrected chi connectivity index (χ0v) is 18.0. The van der Waals surface area contributed by atoms with Gasteiger partial charge in [-0.1, -0.05) is 96.8 Å². The van der Waals surface area contributed by atoms with Gasteiger partial charge in [0.25, 0.3) is 0 Å². The maximum Gasteiger partial charge on any atom is 0.123 e. The van der Waals surface area contributed by atoms with Gasteiger partial charge in [-0.2, -0.15) is 0 Å². The number of aromatic hydroxyl groups is 1. The van der Waals surface area contributed by atoms with E-state index in [0.29, 0.717) is 17.6 Å². The molecule has 1 heteroatoms. The van der Waals surface area contributed by atoms with Crippen LogP contribution in [0.5, 0.6) is 5.75 Å². The van der Waals surface area contributed by atoms with Gasteiger partial charge in [0.05, 0.1) is 0 Å². The fourth-order valence-corrected chi connectivity index (χ4v) is 4.67. The number of benzene rings is 2. The van der Waals surface area contributed by atoms with Gasteiger partial charge in [-0.25, -0.2) is 0 Å². The van der Waals surface area contributed by atoms with Crippen molar-refractivity contribution in [2.24, 2.45) is 5.92 Å². The lowest BCUT2D eigenvalue weighted by Gasteiger charge is -2.32. The highest BCUT2D eigenvalue weighted by molar-refractivity contribution is 5.52. The highest BCUT2D eigenvalue weighted by atomic mass is 16.3. The smallest absolute Gasteiger partial charge is 0.123 e. The van der Waals surface area contributed by atoms with E-state index in [1.54, 1.807) is 0 Å². The summed E-state index contributed by atoms with van der Waals surface area (Å²) >= 11 is 0. The summed E-state index contributed by atoms with van der Waals surface area (Å²) in [6.45, 7) is 13.2. The van der Waals surface area contributed by atoms with Crippen molar-refractivity contribution in [3.63, 3.8) is 0 Å². The van der Waals surface area contributed by atoms with Crippen LogP contribution in [-0.4, -0.2) is 5.11 Å². The minimum absolute atomic E-state index is 0.0863. The van der Waals surface area contributed by atoms with E-state index in [9.17, 15) is 5.11 Å². The molecule has 3 rings (SSSR count). The molecule has 1 atom stereocenters. The summed E-state index contributed by atoms with van der Waals surface area (Å²) in [6.07, 6.45) is 5.28. The Morgan fingerprint density at radius 2 is 1.26 bits per heavy atom. The Labute approximate surface area is 165 Å². The van der Waals surface area contributed by atoms with Crippen LogP contribution in [0.15, 0.2) is 42.5 Å². The maximum absolute atomic E-state index is 11.1. The summed E-state index contributed by atoms with van der Waals surface area (Å²) in [5.41, 5.74) is 4.76. The van der Waals surface area contributed by atoms with Crippen molar-refractivity contribution >= 4 is 0 Å². The van der Waals surface area contributed by atoms with Gasteiger partial charge >= 0.3 is 0 Å². The van der Waals surface area contributed by atoms with E-state index >= 15 is 0 Å². The van der Waals surface area contributed by atoms with Gasteiger partial charge < -0.3 is 5.11 Å².